The van der Waals surface area contributed by atoms with Gasteiger partial charge in [-0.05, 0) is 19.3 Å². The van der Waals surface area contributed by atoms with E-state index >= 15 is 0 Å². The topological polar surface area (TPSA) is 87.9 Å². The number of hydrogen-bond donors (Lipinski definition) is 2. The van der Waals surface area contributed by atoms with Gasteiger partial charge in [-0.1, -0.05) is 13.8 Å². The fourth-order valence-corrected chi connectivity index (χ4v) is 3.74. The van der Waals surface area contributed by atoms with Gasteiger partial charge in [0.1, 0.15) is 0 Å². The number of carbonyl (C=O) groups is 2. The van der Waals surface area contributed by atoms with E-state index in [9.17, 15) is 9.59 Å². The minimum Gasteiger partial charge on any atom is -0.379 e. The maximum Gasteiger partial charge on any atom is 0.225 e. The van der Waals surface area contributed by atoms with Gasteiger partial charge in [-0.3, -0.25) is 14.5 Å². The summed E-state index contributed by atoms with van der Waals surface area (Å²) in [6, 6.07) is 0. The van der Waals surface area contributed by atoms with Crippen molar-refractivity contribution >= 4 is 11.8 Å². The van der Waals surface area contributed by atoms with Gasteiger partial charge in [0.2, 0.25) is 11.8 Å². The molecule has 0 spiro atoms. The normalized spacial score (nSPS) is 24.6. The van der Waals surface area contributed by atoms with Crippen LogP contribution in [0.3, 0.4) is 0 Å². The predicted octanol–water partition coefficient (Wildman–Crippen LogP) is 0.0468. The first kappa shape index (κ1) is 20.1. The highest BCUT2D eigenvalue weighted by molar-refractivity contribution is 5.89. The van der Waals surface area contributed by atoms with Gasteiger partial charge in [0.05, 0.1) is 19.1 Å². The van der Waals surface area contributed by atoms with Crippen LogP contribution in [0, 0.1) is 11.8 Å². The first-order chi connectivity index (χ1) is 11.8. The number of nitrogens with two attached hydrogens (primary N) is 1. The van der Waals surface area contributed by atoms with Crippen molar-refractivity contribution in [3.63, 3.8) is 0 Å². The summed E-state index contributed by atoms with van der Waals surface area (Å²) in [5, 5.41) is 3.09. The minimum atomic E-state index is -0.407. The van der Waals surface area contributed by atoms with Gasteiger partial charge >= 0.3 is 0 Å². The predicted molar refractivity (Wildman–Crippen MR) is 97.0 cm³/mol. The Labute approximate surface area is 151 Å². The molecule has 2 aliphatic rings. The molecule has 7 nitrogen and oxygen atoms in total. The number of morpholine rings is 1. The summed E-state index contributed by atoms with van der Waals surface area (Å²) in [6.07, 6.45) is 1.13. The van der Waals surface area contributed by atoms with E-state index in [-0.39, 0.29) is 17.7 Å². The molecule has 144 valence electrons. The Bertz CT molecular complexity index is 465. The van der Waals surface area contributed by atoms with Crippen LogP contribution < -0.4 is 11.1 Å². The van der Waals surface area contributed by atoms with E-state index in [1.165, 1.54) is 0 Å². The van der Waals surface area contributed by atoms with Crippen molar-refractivity contribution in [3.05, 3.63) is 0 Å². The summed E-state index contributed by atoms with van der Waals surface area (Å²) in [6.45, 7) is 12.0. The lowest BCUT2D eigenvalue weighted by molar-refractivity contribution is -0.129. The van der Waals surface area contributed by atoms with E-state index in [1.54, 1.807) is 0 Å². The molecule has 2 unspecified atom stereocenters. The van der Waals surface area contributed by atoms with E-state index in [4.69, 9.17) is 10.5 Å². The lowest BCUT2D eigenvalue weighted by Gasteiger charge is -2.32. The zero-order valence-electron chi connectivity index (χ0n) is 15.9. The van der Waals surface area contributed by atoms with E-state index in [1.807, 2.05) is 11.8 Å². The molecule has 2 aliphatic heterocycles. The molecule has 0 aromatic rings. The highest BCUT2D eigenvalue weighted by atomic mass is 16.5. The number of carbonyl (C=O) groups excluding carboxylic acids is 2. The molecule has 2 saturated heterocycles. The third kappa shape index (κ3) is 5.94. The quantitative estimate of drug-likeness (QED) is 0.643. The number of likely N-dealkylation sites (tertiary alicyclic amines) is 1. The van der Waals surface area contributed by atoms with Crippen LogP contribution in [0.1, 0.15) is 33.6 Å². The number of hydrogen-bond acceptors (Lipinski definition) is 5. The summed E-state index contributed by atoms with van der Waals surface area (Å²) >= 11 is 0. The van der Waals surface area contributed by atoms with Crippen LogP contribution in [0.4, 0.5) is 0 Å². The molecule has 2 fully saturated rings. The molecule has 0 aliphatic carbocycles. The standard InChI is InChI=1S/C18H34N4O3/c1-14(2)11-18(3,13-19)20-17(24)15-10-16(23)22(12-15)5-4-21-6-8-25-9-7-21/h14-15H,4-13,19H2,1-3H3,(H,20,24). The van der Waals surface area contributed by atoms with E-state index in [0.29, 0.717) is 32.0 Å². The smallest absolute Gasteiger partial charge is 0.225 e. The maximum absolute atomic E-state index is 12.6. The SMILES string of the molecule is CC(C)CC(C)(CN)NC(=O)C1CC(=O)N(CCN2CCOCC2)C1. The molecule has 7 heteroatoms. The molecule has 2 atom stereocenters. The van der Waals surface area contributed by atoms with E-state index in [0.717, 1.165) is 39.3 Å². The third-order valence-electron chi connectivity index (χ3n) is 5.11. The van der Waals surface area contributed by atoms with Gasteiger partial charge in [0.15, 0.2) is 0 Å². The first-order valence-electron chi connectivity index (χ1n) is 9.43. The number of rotatable bonds is 8. The molecular formula is C18H34N4O3. The molecule has 0 radical (unpaired) electrons. The number of nitrogens with one attached hydrogen (secondary N) is 1. The summed E-state index contributed by atoms with van der Waals surface area (Å²) in [5.74, 6) is 0.210. The molecule has 0 aromatic heterocycles. The molecule has 25 heavy (non-hydrogen) atoms. The Morgan fingerprint density at radius 3 is 2.64 bits per heavy atom. The molecular weight excluding hydrogens is 320 g/mol. The maximum atomic E-state index is 12.6. The summed E-state index contributed by atoms with van der Waals surface area (Å²) in [5.41, 5.74) is 5.47. The van der Waals surface area contributed by atoms with Crippen LogP contribution in [0.5, 0.6) is 0 Å². The number of ether oxygens (including phenoxy) is 1. The molecule has 2 heterocycles. The molecule has 0 saturated carbocycles. The fraction of sp³-hybridized carbons (Fsp3) is 0.889. The van der Waals surface area contributed by atoms with Crippen molar-refractivity contribution < 1.29 is 14.3 Å². The Morgan fingerprint density at radius 1 is 1.36 bits per heavy atom. The van der Waals surface area contributed by atoms with Crippen LogP contribution in [0.25, 0.3) is 0 Å². The van der Waals surface area contributed by atoms with Crippen LogP contribution in [-0.2, 0) is 14.3 Å². The highest BCUT2D eigenvalue weighted by Crippen LogP contribution is 2.21. The number of amides is 2. The van der Waals surface area contributed by atoms with Gasteiger partial charge < -0.3 is 20.7 Å². The van der Waals surface area contributed by atoms with Crippen LogP contribution in [-0.4, -0.2) is 79.6 Å². The fourth-order valence-electron chi connectivity index (χ4n) is 3.74. The van der Waals surface area contributed by atoms with Gasteiger partial charge in [-0.15, -0.1) is 0 Å². The Balaban J connectivity index is 1.82. The van der Waals surface area contributed by atoms with Gasteiger partial charge in [-0.2, -0.15) is 0 Å². The lowest BCUT2D eigenvalue weighted by atomic mass is 9.90. The van der Waals surface area contributed by atoms with Crippen LogP contribution >= 0.6 is 0 Å². The van der Waals surface area contributed by atoms with Gasteiger partial charge in [0.25, 0.3) is 0 Å². The Kier molecular flexibility index (Phi) is 7.22. The Morgan fingerprint density at radius 2 is 2.04 bits per heavy atom. The van der Waals surface area contributed by atoms with Crippen molar-refractivity contribution in [3.8, 4) is 0 Å². The van der Waals surface area contributed by atoms with Crippen molar-refractivity contribution in [2.45, 2.75) is 39.2 Å². The second kappa shape index (κ2) is 8.96. The Hall–Kier alpha value is -1.18. The second-order valence-corrected chi connectivity index (χ2v) is 8.05. The molecule has 0 bridgehead atoms. The molecule has 3 N–H and O–H groups in total. The summed E-state index contributed by atoms with van der Waals surface area (Å²) < 4.78 is 5.34. The molecule has 0 aromatic carbocycles. The van der Waals surface area contributed by atoms with Crippen molar-refractivity contribution in [2.24, 2.45) is 17.6 Å². The van der Waals surface area contributed by atoms with E-state index < -0.39 is 5.54 Å². The zero-order valence-corrected chi connectivity index (χ0v) is 15.9. The van der Waals surface area contributed by atoms with Crippen molar-refractivity contribution in [1.82, 2.24) is 15.1 Å². The number of nitrogens with zero attached hydrogens (tertiary/aromatic N) is 2. The molecule has 2 rings (SSSR count). The highest BCUT2D eigenvalue weighted by Gasteiger charge is 2.37. The third-order valence-corrected chi connectivity index (χ3v) is 5.11. The molecule has 2 amide bonds. The van der Waals surface area contributed by atoms with Gasteiger partial charge in [-0.25, -0.2) is 0 Å². The lowest BCUT2D eigenvalue weighted by Crippen LogP contribution is -2.54. The average Bonchev–Trinajstić information content (AvgIpc) is 2.94. The van der Waals surface area contributed by atoms with Crippen LogP contribution in [0.15, 0.2) is 0 Å². The summed E-state index contributed by atoms with van der Waals surface area (Å²) in [4.78, 5) is 29.0. The monoisotopic (exact) mass is 354 g/mol. The first-order valence-corrected chi connectivity index (χ1v) is 9.43. The van der Waals surface area contributed by atoms with Gasteiger partial charge in [0, 0.05) is 51.2 Å². The van der Waals surface area contributed by atoms with E-state index in [2.05, 4.69) is 24.1 Å². The summed E-state index contributed by atoms with van der Waals surface area (Å²) in [7, 11) is 0. The minimum absolute atomic E-state index is 0.0455. The van der Waals surface area contributed by atoms with Crippen molar-refractivity contribution in [2.75, 3.05) is 52.5 Å². The second-order valence-electron chi connectivity index (χ2n) is 8.05. The zero-order chi connectivity index (χ0) is 18.4. The largest absolute Gasteiger partial charge is 0.379 e. The average molecular weight is 354 g/mol. The van der Waals surface area contributed by atoms with Crippen LogP contribution in [0.2, 0.25) is 0 Å². The van der Waals surface area contributed by atoms with Crippen molar-refractivity contribution in [1.29, 1.82) is 0 Å².